The molecule has 1 aliphatic carbocycles. The minimum absolute atomic E-state index is 0.00902. The number of hydrogen-bond donors (Lipinski definition) is 1. The van der Waals surface area contributed by atoms with E-state index in [9.17, 15) is 8.42 Å². The minimum Gasteiger partial charge on any atom is -0.313 e. The van der Waals surface area contributed by atoms with Crippen molar-refractivity contribution in [3.05, 3.63) is 23.3 Å². The van der Waals surface area contributed by atoms with Crippen molar-refractivity contribution in [3.63, 3.8) is 0 Å². The Bertz CT molecular complexity index is 586. The van der Waals surface area contributed by atoms with E-state index in [1.54, 1.807) is 0 Å². The third-order valence-corrected chi connectivity index (χ3v) is 5.91. The molecule has 1 aromatic heterocycles. The van der Waals surface area contributed by atoms with E-state index in [0.29, 0.717) is 12.5 Å². The van der Waals surface area contributed by atoms with Crippen molar-refractivity contribution in [2.24, 2.45) is 0 Å². The lowest BCUT2D eigenvalue weighted by atomic mass is 9.92. The van der Waals surface area contributed by atoms with Crippen LogP contribution in [0.5, 0.6) is 0 Å². The first-order valence-corrected chi connectivity index (χ1v) is 8.64. The lowest BCUT2D eigenvalue weighted by Gasteiger charge is -2.24. The van der Waals surface area contributed by atoms with Crippen LogP contribution in [0.2, 0.25) is 0 Å². The molecule has 1 aromatic rings. The summed E-state index contributed by atoms with van der Waals surface area (Å²) in [6.45, 7) is 0. The fraction of sp³-hybridized carbons (Fsp3) is 0.692. The highest BCUT2D eigenvalue weighted by Gasteiger charge is 2.32. The zero-order valence-electron chi connectivity index (χ0n) is 11.1. The predicted molar refractivity (Wildman–Crippen MR) is 72.8 cm³/mol. The standard InChI is InChI=1S/C13H19N3O2S/c1-14-11-3-2-4-12-10(11)7-15-13(16-12)9-5-6-19(17,18)8-9/h7,9,11,14H,2-6,8H2,1H3. The Kier molecular flexibility index (Phi) is 3.30. The van der Waals surface area contributed by atoms with Gasteiger partial charge in [0.2, 0.25) is 0 Å². The number of rotatable bonds is 2. The molecule has 1 saturated heterocycles. The summed E-state index contributed by atoms with van der Waals surface area (Å²) < 4.78 is 23.1. The van der Waals surface area contributed by atoms with Crippen LogP contribution in [0.15, 0.2) is 6.20 Å². The highest BCUT2D eigenvalue weighted by molar-refractivity contribution is 7.91. The van der Waals surface area contributed by atoms with Gasteiger partial charge >= 0.3 is 0 Å². The molecule has 2 heterocycles. The second-order valence-electron chi connectivity index (χ2n) is 5.46. The molecule has 6 heteroatoms. The Labute approximate surface area is 113 Å². The smallest absolute Gasteiger partial charge is 0.151 e. The largest absolute Gasteiger partial charge is 0.313 e. The number of nitrogens with one attached hydrogen (secondary N) is 1. The monoisotopic (exact) mass is 281 g/mol. The van der Waals surface area contributed by atoms with E-state index in [4.69, 9.17) is 0 Å². The van der Waals surface area contributed by atoms with Crippen LogP contribution in [-0.4, -0.2) is 36.9 Å². The van der Waals surface area contributed by atoms with Gasteiger partial charge in [-0.15, -0.1) is 0 Å². The molecule has 104 valence electrons. The van der Waals surface area contributed by atoms with Gasteiger partial charge in [0.1, 0.15) is 5.82 Å². The number of hydrogen-bond acceptors (Lipinski definition) is 5. The van der Waals surface area contributed by atoms with Crippen LogP contribution in [-0.2, 0) is 16.3 Å². The average Bonchev–Trinajstić information content (AvgIpc) is 2.77. The summed E-state index contributed by atoms with van der Waals surface area (Å²) in [5, 5.41) is 3.29. The van der Waals surface area contributed by atoms with Gasteiger partial charge < -0.3 is 5.32 Å². The van der Waals surface area contributed by atoms with E-state index >= 15 is 0 Å². The number of aryl methyl sites for hydroxylation is 1. The number of nitrogens with zero attached hydrogens (tertiary/aromatic N) is 2. The molecule has 5 nitrogen and oxygen atoms in total. The van der Waals surface area contributed by atoms with Crippen LogP contribution in [0.25, 0.3) is 0 Å². The van der Waals surface area contributed by atoms with Crippen LogP contribution in [0.4, 0.5) is 0 Å². The zero-order valence-corrected chi connectivity index (χ0v) is 11.9. The van der Waals surface area contributed by atoms with Crippen LogP contribution in [0.3, 0.4) is 0 Å². The van der Waals surface area contributed by atoms with Gasteiger partial charge in [0.25, 0.3) is 0 Å². The Balaban J connectivity index is 1.90. The zero-order chi connectivity index (χ0) is 13.5. The molecule has 2 atom stereocenters. The summed E-state index contributed by atoms with van der Waals surface area (Å²) in [4.78, 5) is 9.07. The molecule has 2 aliphatic rings. The molecular weight excluding hydrogens is 262 g/mol. The van der Waals surface area contributed by atoms with E-state index in [1.807, 2.05) is 13.2 Å². The van der Waals surface area contributed by atoms with Gasteiger partial charge in [0, 0.05) is 29.4 Å². The number of sulfone groups is 1. The second-order valence-corrected chi connectivity index (χ2v) is 7.69. The molecule has 0 amide bonds. The van der Waals surface area contributed by atoms with Gasteiger partial charge in [-0.05, 0) is 32.7 Å². The van der Waals surface area contributed by atoms with Crippen LogP contribution in [0, 0.1) is 0 Å². The van der Waals surface area contributed by atoms with Gasteiger partial charge in [0.05, 0.1) is 11.5 Å². The maximum Gasteiger partial charge on any atom is 0.151 e. The maximum atomic E-state index is 11.5. The van der Waals surface area contributed by atoms with E-state index < -0.39 is 9.84 Å². The Morgan fingerprint density at radius 3 is 2.89 bits per heavy atom. The average molecular weight is 281 g/mol. The summed E-state index contributed by atoms with van der Waals surface area (Å²) in [5.74, 6) is 1.19. The summed E-state index contributed by atoms with van der Waals surface area (Å²) in [6.07, 6.45) is 5.77. The van der Waals surface area contributed by atoms with Crippen molar-refractivity contribution >= 4 is 9.84 Å². The molecule has 3 rings (SSSR count). The van der Waals surface area contributed by atoms with Gasteiger partial charge in [-0.1, -0.05) is 0 Å². The number of aromatic nitrogens is 2. The lowest BCUT2D eigenvalue weighted by molar-refractivity contribution is 0.483. The van der Waals surface area contributed by atoms with Crippen molar-refractivity contribution in [2.45, 2.75) is 37.6 Å². The summed E-state index contributed by atoms with van der Waals surface area (Å²) in [5.41, 5.74) is 2.28. The molecule has 0 aromatic carbocycles. The molecule has 2 unspecified atom stereocenters. The first kappa shape index (κ1) is 13.0. The Hall–Kier alpha value is -1.01. The van der Waals surface area contributed by atoms with Gasteiger partial charge in [-0.2, -0.15) is 0 Å². The van der Waals surface area contributed by atoms with E-state index in [1.165, 1.54) is 5.56 Å². The lowest BCUT2D eigenvalue weighted by Crippen LogP contribution is -2.23. The second kappa shape index (κ2) is 4.83. The van der Waals surface area contributed by atoms with Crippen molar-refractivity contribution in [1.29, 1.82) is 0 Å². The summed E-state index contributed by atoms with van der Waals surface area (Å²) in [7, 11) is -0.917. The van der Waals surface area contributed by atoms with Crippen LogP contribution >= 0.6 is 0 Å². The molecule has 19 heavy (non-hydrogen) atoms. The van der Waals surface area contributed by atoms with Crippen molar-refractivity contribution in [3.8, 4) is 0 Å². The van der Waals surface area contributed by atoms with E-state index in [2.05, 4.69) is 15.3 Å². The molecular formula is C13H19N3O2S. The first-order chi connectivity index (χ1) is 9.09. The number of fused-ring (bicyclic) bond motifs is 1. The molecule has 1 fully saturated rings. The van der Waals surface area contributed by atoms with Crippen molar-refractivity contribution in [1.82, 2.24) is 15.3 Å². The normalized spacial score (nSPS) is 29.1. The maximum absolute atomic E-state index is 11.5. The van der Waals surface area contributed by atoms with Crippen LogP contribution < -0.4 is 5.32 Å². The van der Waals surface area contributed by atoms with E-state index in [0.717, 1.165) is 30.8 Å². The highest BCUT2D eigenvalue weighted by Crippen LogP contribution is 2.31. The molecule has 1 N–H and O–H groups in total. The van der Waals surface area contributed by atoms with Crippen molar-refractivity contribution < 1.29 is 8.42 Å². The Morgan fingerprint density at radius 1 is 1.37 bits per heavy atom. The first-order valence-electron chi connectivity index (χ1n) is 6.82. The molecule has 1 aliphatic heterocycles. The van der Waals surface area contributed by atoms with Gasteiger partial charge in [-0.3, -0.25) is 0 Å². The summed E-state index contributed by atoms with van der Waals surface area (Å²) in [6, 6.07) is 0.338. The van der Waals surface area contributed by atoms with E-state index in [-0.39, 0.29) is 17.4 Å². The topological polar surface area (TPSA) is 72.0 Å². The summed E-state index contributed by atoms with van der Waals surface area (Å²) >= 11 is 0. The van der Waals surface area contributed by atoms with Crippen LogP contribution in [0.1, 0.15) is 48.3 Å². The SMILES string of the molecule is CNC1CCCc2nc(C3CCS(=O)(=O)C3)ncc21. The fourth-order valence-corrected chi connectivity index (χ4v) is 4.80. The molecule has 0 bridgehead atoms. The van der Waals surface area contributed by atoms with Crippen molar-refractivity contribution in [2.75, 3.05) is 18.6 Å². The Morgan fingerprint density at radius 2 is 2.21 bits per heavy atom. The third kappa shape index (κ3) is 2.51. The third-order valence-electron chi connectivity index (χ3n) is 4.15. The quantitative estimate of drug-likeness (QED) is 0.874. The fourth-order valence-electron chi connectivity index (χ4n) is 3.06. The minimum atomic E-state index is -2.87. The molecule has 0 saturated carbocycles. The van der Waals surface area contributed by atoms with Gasteiger partial charge in [-0.25, -0.2) is 18.4 Å². The van der Waals surface area contributed by atoms with Gasteiger partial charge in [0.15, 0.2) is 9.84 Å². The molecule has 0 radical (unpaired) electrons. The predicted octanol–water partition coefficient (Wildman–Crippen LogP) is 0.975. The molecule has 0 spiro atoms. The highest BCUT2D eigenvalue weighted by atomic mass is 32.2.